The number of hydrogen-bond acceptors (Lipinski definition) is 5. The van der Waals surface area contributed by atoms with E-state index in [0.29, 0.717) is 11.6 Å². The Bertz CT molecular complexity index is 1240. The Balaban J connectivity index is 1.46. The Kier molecular flexibility index (Phi) is 5.46. The van der Waals surface area contributed by atoms with Crippen LogP contribution in [0.5, 0.6) is 0 Å². The van der Waals surface area contributed by atoms with Gasteiger partial charge >= 0.3 is 0 Å². The van der Waals surface area contributed by atoms with Gasteiger partial charge in [-0.1, -0.05) is 11.6 Å². The first kappa shape index (κ1) is 22.0. The largest absolute Gasteiger partial charge is 0.354 e. The van der Waals surface area contributed by atoms with Gasteiger partial charge in [0.05, 0.1) is 16.2 Å². The summed E-state index contributed by atoms with van der Waals surface area (Å²) in [5, 5.41) is 22.2. The summed E-state index contributed by atoms with van der Waals surface area (Å²) in [6.45, 7) is 2.73. The van der Waals surface area contributed by atoms with E-state index in [1.807, 2.05) is 0 Å². The summed E-state index contributed by atoms with van der Waals surface area (Å²) in [6.07, 6.45) is 4.39. The summed E-state index contributed by atoms with van der Waals surface area (Å²) in [4.78, 5) is 9.57. The van der Waals surface area contributed by atoms with E-state index in [4.69, 9.17) is 17.0 Å². The molecule has 2 aliphatic heterocycles. The van der Waals surface area contributed by atoms with E-state index in [-0.39, 0.29) is 38.8 Å². The van der Waals surface area contributed by atoms with Crippen LogP contribution in [0.3, 0.4) is 0 Å². The number of hydrogen-bond donors (Lipinski definition) is 4. The summed E-state index contributed by atoms with van der Waals surface area (Å²) in [5.74, 6) is -3.36. The van der Waals surface area contributed by atoms with Crippen LogP contribution in [0.2, 0.25) is 5.02 Å². The van der Waals surface area contributed by atoms with Crippen LogP contribution >= 0.6 is 11.6 Å². The highest BCUT2D eigenvalue weighted by atomic mass is 35.5. The van der Waals surface area contributed by atoms with E-state index < -0.39 is 23.3 Å². The SMILES string of the molecule is N=C(c1cc(F)c(F)c2nc(NCC34CCCN3CCC4)[nH]c12)N(O)c1ccc(F)c(Cl)c1. The first-order valence-electron chi connectivity index (χ1n) is 10.7. The van der Waals surface area contributed by atoms with E-state index in [1.54, 1.807) is 0 Å². The maximum Gasteiger partial charge on any atom is 0.201 e. The highest BCUT2D eigenvalue weighted by Crippen LogP contribution is 2.39. The summed E-state index contributed by atoms with van der Waals surface area (Å²) >= 11 is 5.76. The third kappa shape index (κ3) is 3.71. The number of halogens is 4. The average Bonchev–Trinajstić information content (AvgIpc) is 3.50. The molecule has 0 radical (unpaired) electrons. The number of nitrogens with one attached hydrogen (secondary N) is 3. The van der Waals surface area contributed by atoms with Gasteiger partial charge in [0.25, 0.3) is 0 Å². The van der Waals surface area contributed by atoms with E-state index in [2.05, 4.69) is 20.2 Å². The van der Waals surface area contributed by atoms with Crippen LogP contribution in [0.4, 0.5) is 24.8 Å². The van der Waals surface area contributed by atoms with Crippen LogP contribution in [0.15, 0.2) is 24.3 Å². The van der Waals surface area contributed by atoms with E-state index in [0.717, 1.165) is 57.0 Å². The van der Waals surface area contributed by atoms with Gasteiger partial charge in [-0.15, -0.1) is 0 Å². The third-order valence-electron chi connectivity index (χ3n) is 6.67. The van der Waals surface area contributed by atoms with Crippen molar-refractivity contribution in [1.82, 2.24) is 14.9 Å². The molecule has 5 rings (SSSR count). The Labute approximate surface area is 192 Å². The molecular formula is C22H22ClF3N6O. The van der Waals surface area contributed by atoms with E-state index >= 15 is 0 Å². The number of benzene rings is 2. The molecule has 0 spiro atoms. The van der Waals surface area contributed by atoms with Crippen LogP contribution in [-0.4, -0.2) is 51.1 Å². The third-order valence-corrected chi connectivity index (χ3v) is 6.96. The molecule has 4 N–H and O–H groups in total. The zero-order valence-electron chi connectivity index (χ0n) is 17.6. The number of hydroxylamine groups is 1. The van der Waals surface area contributed by atoms with Crippen molar-refractivity contribution in [1.29, 1.82) is 5.41 Å². The Morgan fingerprint density at radius 3 is 2.64 bits per heavy atom. The van der Waals surface area contributed by atoms with E-state index in [9.17, 15) is 18.4 Å². The molecular weight excluding hydrogens is 457 g/mol. The highest BCUT2D eigenvalue weighted by molar-refractivity contribution is 6.31. The molecule has 0 bridgehead atoms. The number of H-pyrrole nitrogens is 1. The molecule has 0 amide bonds. The minimum absolute atomic E-state index is 0.0104. The molecule has 11 heteroatoms. The lowest BCUT2D eigenvalue weighted by Crippen LogP contribution is -2.44. The number of aromatic nitrogens is 2. The molecule has 33 heavy (non-hydrogen) atoms. The Morgan fingerprint density at radius 2 is 1.94 bits per heavy atom. The van der Waals surface area contributed by atoms with Gasteiger partial charge in [0.2, 0.25) is 5.95 Å². The van der Waals surface area contributed by atoms with Gasteiger partial charge in [0.1, 0.15) is 11.3 Å². The Morgan fingerprint density at radius 1 is 1.21 bits per heavy atom. The fraction of sp³-hybridized carbons (Fsp3) is 0.364. The predicted octanol–water partition coefficient (Wildman–Crippen LogP) is 4.90. The first-order chi connectivity index (χ1) is 15.8. The lowest BCUT2D eigenvalue weighted by Gasteiger charge is -2.32. The molecule has 2 aliphatic rings. The second kappa shape index (κ2) is 8.19. The smallest absolute Gasteiger partial charge is 0.201 e. The monoisotopic (exact) mass is 478 g/mol. The van der Waals surface area contributed by atoms with Gasteiger partial charge < -0.3 is 10.3 Å². The van der Waals surface area contributed by atoms with Crippen LogP contribution in [-0.2, 0) is 0 Å². The van der Waals surface area contributed by atoms with Crippen molar-refractivity contribution in [2.24, 2.45) is 0 Å². The normalized spacial score (nSPS) is 17.5. The fourth-order valence-corrected chi connectivity index (χ4v) is 5.17. The van der Waals surface area contributed by atoms with Crippen molar-refractivity contribution < 1.29 is 18.4 Å². The lowest BCUT2D eigenvalue weighted by atomic mass is 9.94. The number of fused-ring (bicyclic) bond motifs is 2. The summed E-state index contributed by atoms with van der Waals surface area (Å²) in [5.41, 5.74) is -0.309. The van der Waals surface area contributed by atoms with E-state index in [1.165, 1.54) is 6.07 Å². The second-order valence-electron chi connectivity index (χ2n) is 8.56. The molecule has 3 aromatic rings. The molecule has 0 saturated carbocycles. The Hall–Kier alpha value is -2.82. The zero-order chi connectivity index (χ0) is 23.3. The minimum atomic E-state index is -1.21. The fourth-order valence-electron chi connectivity index (χ4n) is 4.99. The van der Waals surface area contributed by atoms with Crippen molar-refractivity contribution in [2.75, 3.05) is 30.0 Å². The number of amidine groups is 1. The molecule has 174 valence electrons. The van der Waals surface area contributed by atoms with Gasteiger partial charge in [0.15, 0.2) is 17.5 Å². The van der Waals surface area contributed by atoms with Crippen molar-refractivity contribution in [3.05, 3.63) is 52.3 Å². The molecule has 7 nitrogen and oxygen atoms in total. The topological polar surface area (TPSA) is 91.3 Å². The molecule has 3 heterocycles. The molecule has 1 aromatic heterocycles. The van der Waals surface area contributed by atoms with Gasteiger partial charge in [-0.3, -0.25) is 15.5 Å². The summed E-state index contributed by atoms with van der Waals surface area (Å²) < 4.78 is 42.3. The van der Waals surface area contributed by atoms with Crippen LogP contribution in [0.1, 0.15) is 31.2 Å². The number of imidazole rings is 1. The summed E-state index contributed by atoms with van der Waals surface area (Å²) in [6, 6.07) is 4.17. The van der Waals surface area contributed by atoms with Crippen molar-refractivity contribution in [2.45, 2.75) is 31.2 Å². The zero-order valence-corrected chi connectivity index (χ0v) is 18.3. The molecule has 2 fully saturated rings. The van der Waals surface area contributed by atoms with Crippen molar-refractivity contribution in [3.8, 4) is 0 Å². The first-order valence-corrected chi connectivity index (χ1v) is 11.1. The highest BCUT2D eigenvalue weighted by Gasteiger charge is 2.44. The quantitative estimate of drug-likeness (QED) is 0.238. The number of anilines is 2. The molecule has 0 atom stereocenters. The van der Waals surface area contributed by atoms with Crippen LogP contribution in [0.25, 0.3) is 11.0 Å². The minimum Gasteiger partial charge on any atom is -0.354 e. The summed E-state index contributed by atoms with van der Waals surface area (Å²) in [7, 11) is 0. The van der Waals surface area contributed by atoms with Crippen LogP contribution in [0, 0.1) is 22.9 Å². The molecule has 2 aromatic carbocycles. The maximum absolute atomic E-state index is 14.5. The van der Waals surface area contributed by atoms with Gasteiger partial charge in [-0.2, -0.15) is 0 Å². The lowest BCUT2D eigenvalue weighted by molar-refractivity contribution is 0.209. The molecule has 0 unspecified atom stereocenters. The predicted molar refractivity (Wildman–Crippen MR) is 120 cm³/mol. The number of nitrogens with zero attached hydrogens (tertiary/aromatic N) is 3. The standard InChI is InChI=1S/C22H22ClF3N6O/c23-14-9-12(3-4-15(14)24)32(33)20(27)13-10-16(25)17(26)19-18(13)29-21(30-19)28-11-22-5-1-7-31(22)8-2-6-22/h3-4,9-10,27,33H,1-2,5-8,11H2,(H2,28,29,30). The average molecular weight is 479 g/mol. The number of rotatable bonds is 5. The van der Waals surface area contributed by atoms with Crippen molar-refractivity contribution in [3.63, 3.8) is 0 Å². The van der Waals surface area contributed by atoms with Crippen LogP contribution < -0.4 is 10.4 Å². The molecule has 0 aliphatic carbocycles. The maximum atomic E-state index is 14.5. The van der Waals surface area contributed by atoms with Gasteiger partial charge in [0, 0.05) is 17.6 Å². The second-order valence-corrected chi connectivity index (χ2v) is 8.97. The number of aromatic amines is 1. The molecule has 2 saturated heterocycles. The van der Waals surface area contributed by atoms with Gasteiger partial charge in [-0.25, -0.2) is 23.2 Å². The van der Waals surface area contributed by atoms with Crippen molar-refractivity contribution >= 4 is 40.1 Å². The van der Waals surface area contributed by atoms with Gasteiger partial charge in [-0.05, 0) is 63.0 Å².